The molecule has 0 atom stereocenters. The SMILES string of the molecule is CC(C)(C)Oc1ccccc1C(=O)NCC(N)=O. The van der Waals surface area contributed by atoms with Crippen LogP contribution >= 0.6 is 0 Å². The van der Waals surface area contributed by atoms with E-state index in [-0.39, 0.29) is 12.5 Å². The molecule has 0 aliphatic rings. The van der Waals surface area contributed by atoms with Gasteiger partial charge in [0.15, 0.2) is 0 Å². The van der Waals surface area contributed by atoms with Gasteiger partial charge in [0.25, 0.3) is 5.91 Å². The Bertz CT molecular complexity index is 450. The quantitative estimate of drug-likeness (QED) is 0.839. The maximum Gasteiger partial charge on any atom is 0.255 e. The van der Waals surface area contributed by atoms with Gasteiger partial charge in [0.2, 0.25) is 5.91 Å². The van der Waals surface area contributed by atoms with E-state index < -0.39 is 11.5 Å². The number of hydrogen-bond donors (Lipinski definition) is 2. The van der Waals surface area contributed by atoms with Crippen molar-refractivity contribution >= 4 is 11.8 Å². The summed E-state index contributed by atoms with van der Waals surface area (Å²) in [5.41, 5.74) is 4.95. The summed E-state index contributed by atoms with van der Waals surface area (Å²) in [7, 11) is 0. The van der Waals surface area contributed by atoms with Crippen molar-refractivity contribution in [3.63, 3.8) is 0 Å². The van der Waals surface area contributed by atoms with Crippen molar-refractivity contribution in [2.75, 3.05) is 6.54 Å². The van der Waals surface area contributed by atoms with E-state index in [1.54, 1.807) is 24.3 Å². The minimum atomic E-state index is -0.586. The predicted molar refractivity (Wildman–Crippen MR) is 68.4 cm³/mol. The van der Waals surface area contributed by atoms with Crippen LogP contribution in [0.2, 0.25) is 0 Å². The molecule has 5 nitrogen and oxygen atoms in total. The molecule has 0 radical (unpaired) electrons. The smallest absolute Gasteiger partial charge is 0.255 e. The van der Waals surface area contributed by atoms with Crippen molar-refractivity contribution in [3.05, 3.63) is 29.8 Å². The first-order chi connectivity index (χ1) is 8.29. The van der Waals surface area contributed by atoms with E-state index in [9.17, 15) is 9.59 Å². The van der Waals surface area contributed by atoms with E-state index in [4.69, 9.17) is 10.5 Å². The zero-order chi connectivity index (χ0) is 13.8. The molecule has 3 N–H and O–H groups in total. The summed E-state index contributed by atoms with van der Waals surface area (Å²) in [4.78, 5) is 22.5. The molecule has 5 heteroatoms. The summed E-state index contributed by atoms with van der Waals surface area (Å²) in [6.07, 6.45) is 0. The van der Waals surface area contributed by atoms with Crippen LogP contribution in [0.25, 0.3) is 0 Å². The molecule has 0 heterocycles. The van der Waals surface area contributed by atoms with E-state index in [0.717, 1.165) is 0 Å². The molecule has 1 rings (SSSR count). The molecule has 18 heavy (non-hydrogen) atoms. The number of carbonyl (C=O) groups is 2. The van der Waals surface area contributed by atoms with Gasteiger partial charge in [0.1, 0.15) is 11.4 Å². The first-order valence-electron chi connectivity index (χ1n) is 5.64. The molecule has 0 aliphatic heterocycles. The molecular formula is C13H18N2O3. The number of para-hydroxylation sites is 1. The Morgan fingerprint density at radius 2 is 1.89 bits per heavy atom. The molecule has 0 saturated heterocycles. The van der Waals surface area contributed by atoms with Crippen LogP contribution in [0, 0.1) is 0 Å². The normalized spacial score (nSPS) is 10.8. The maximum absolute atomic E-state index is 11.9. The molecule has 0 spiro atoms. The summed E-state index contributed by atoms with van der Waals surface area (Å²) in [5, 5.41) is 2.43. The van der Waals surface area contributed by atoms with Gasteiger partial charge in [0.05, 0.1) is 12.1 Å². The number of rotatable bonds is 4. The fourth-order valence-corrected chi connectivity index (χ4v) is 1.34. The summed E-state index contributed by atoms with van der Waals surface area (Å²) < 4.78 is 5.68. The average molecular weight is 250 g/mol. The van der Waals surface area contributed by atoms with Crippen LogP contribution in [0.3, 0.4) is 0 Å². The lowest BCUT2D eigenvalue weighted by atomic mass is 10.1. The van der Waals surface area contributed by atoms with Crippen LogP contribution in [-0.2, 0) is 4.79 Å². The molecule has 0 unspecified atom stereocenters. The lowest BCUT2D eigenvalue weighted by Gasteiger charge is -2.22. The number of benzene rings is 1. The summed E-state index contributed by atoms with van der Waals surface area (Å²) in [6.45, 7) is 5.49. The van der Waals surface area contributed by atoms with Crippen LogP contribution in [-0.4, -0.2) is 24.0 Å². The van der Waals surface area contributed by atoms with E-state index in [2.05, 4.69) is 5.32 Å². The molecule has 0 saturated carbocycles. The third-order valence-corrected chi connectivity index (χ3v) is 1.97. The number of carbonyl (C=O) groups excluding carboxylic acids is 2. The zero-order valence-electron chi connectivity index (χ0n) is 10.8. The highest BCUT2D eigenvalue weighted by molar-refractivity contribution is 5.98. The molecule has 2 amide bonds. The van der Waals surface area contributed by atoms with Gasteiger partial charge in [-0.25, -0.2) is 0 Å². The molecule has 1 aromatic rings. The van der Waals surface area contributed by atoms with Gasteiger partial charge in [-0.2, -0.15) is 0 Å². The third kappa shape index (κ3) is 4.45. The lowest BCUT2D eigenvalue weighted by Crippen LogP contribution is -2.34. The van der Waals surface area contributed by atoms with Crippen LogP contribution in [0.15, 0.2) is 24.3 Å². The van der Waals surface area contributed by atoms with Crippen LogP contribution in [0.4, 0.5) is 0 Å². The minimum Gasteiger partial charge on any atom is -0.487 e. The Balaban J connectivity index is 2.88. The molecule has 0 fully saturated rings. The van der Waals surface area contributed by atoms with Gasteiger partial charge in [-0.05, 0) is 32.9 Å². The van der Waals surface area contributed by atoms with Gasteiger partial charge in [-0.3, -0.25) is 9.59 Å². The number of amides is 2. The number of nitrogens with two attached hydrogens (primary N) is 1. The molecule has 0 aromatic heterocycles. The molecule has 98 valence electrons. The first kappa shape index (κ1) is 14.0. The number of nitrogens with one attached hydrogen (secondary N) is 1. The molecule has 0 aliphatic carbocycles. The fraction of sp³-hybridized carbons (Fsp3) is 0.385. The Morgan fingerprint density at radius 1 is 1.28 bits per heavy atom. The van der Waals surface area contributed by atoms with E-state index in [1.807, 2.05) is 20.8 Å². The topological polar surface area (TPSA) is 81.4 Å². The summed E-state index contributed by atoms with van der Waals surface area (Å²) in [5.74, 6) is -0.488. The Morgan fingerprint density at radius 3 is 2.44 bits per heavy atom. The first-order valence-corrected chi connectivity index (χ1v) is 5.64. The van der Waals surface area contributed by atoms with E-state index in [1.165, 1.54) is 0 Å². The molecule has 0 bridgehead atoms. The van der Waals surface area contributed by atoms with Crippen molar-refractivity contribution in [3.8, 4) is 5.75 Å². The van der Waals surface area contributed by atoms with Gasteiger partial charge >= 0.3 is 0 Å². The Kier molecular flexibility index (Phi) is 4.31. The Labute approximate surface area is 106 Å². The van der Waals surface area contributed by atoms with Gasteiger partial charge < -0.3 is 15.8 Å². The largest absolute Gasteiger partial charge is 0.487 e. The Hall–Kier alpha value is -2.04. The van der Waals surface area contributed by atoms with Gasteiger partial charge in [-0.15, -0.1) is 0 Å². The second-order valence-electron chi connectivity index (χ2n) is 4.86. The second-order valence-corrected chi connectivity index (χ2v) is 4.86. The van der Waals surface area contributed by atoms with Crippen molar-refractivity contribution in [2.24, 2.45) is 5.73 Å². The van der Waals surface area contributed by atoms with Crippen LogP contribution in [0.1, 0.15) is 31.1 Å². The minimum absolute atomic E-state index is 0.192. The van der Waals surface area contributed by atoms with Crippen molar-refractivity contribution in [1.29, 1.82) is 0 Å². The van der Waals surface area contributed by atoms with Gasteiger partial charge in [-0.1, -0.05) is 12.1 Å². The highest BCUT2D eigenvalue weighted by Crippen LogP contribution is 2.22. The second kappa shape index (κ2) is 5.53. The number of primary amides is 1. The number of ether oxygens (including phenoxy) is 1. The third-order valence-electron chi connectivity index (χ3n) is 1.97. The van der Waals surface area contributed by atoms with Crippen molar-refractivity contribution in [1.82, 2.24) is 5.32 Å². The van der Waals surface area contributed by atoms with Crippen molar-refractivity contribution < 1.29 is 14.3 Å². The van der Waals surface area contributed by atoms with E-state index >= 15 is 0 Å². The van der Waals surface area contributed by atoms with Crippen LogP contribution in [0.5, 0.6) is 5.75 Å². The van der Waals surface area contributed by atoms with Crippen molar-refractivity contribution in [2.45, 2.75) is 26.4 Å². The molecule has 1 aromatic carbocycles. The zero-order valence-corrected chi connectivity index (χ0v) is 10.8. The fourth-order valence-electron chi connectivity index (χ4n) is 1.34. The lowest BCUT2D eigenvalue weighted by molar-refractivity contribution is -0.117. The molecular weight excluding hydrogens is 232 g/mol. The highest BCUT2D eigenvalue weighted by Gasteiger charge is 2.17. The summed E-state index contributed by atoms with van der Waals surface area (Å²) >= 11 is 0. The average Bonchev–Trinajstić information content (AvgIpc) is 2.24. The van der Waals surface area contributed by atoms with E-state index in [0.29, 0.717) is 11.3 Å². The number of hydrogen-bond acceptors (Lipinski definition) is 3. The highest BCUT2D eigenvalue weighted by atomic mass is 16.5. The standard InChI is InChI=1S/C13H18N2O3/c1-13(2,3)18-10-7-5-4-6-9(10)12(17)15-8-11(14)16/h4-7H,8H2,1-3H3,(H2,14,16)(H,15,17). The van der Waals surface area contributed by atoms with Gasteiger partial charge in [0, 0.05) is 0 Å². The summed E-state index contributed by atoms with van der Waals surface area (Å²) in [6, 6.07) is 6.86. The predicted octanol–water partition coefficient (Wildman–Crippen LogP) is 1.08. The van der Waals surface area contributed by atoms with Crippen LogP contribution < -0.4 is 15.8 Å². The maximum atomic E-state index is 11.9. The monoisotopic (exact) mass is 250 g/mol.